The van der Waals surface area contributed by atoms with E-state index in [1.54, 1.807) is 12.1 Å². The molecule has 1 amide bonds. The van der Waals surface area contributed by atoms with Crippen molar-refractivity contribution in [3.05, 3.63) is 29.8 Å². The third kappa shape index (κ3) is 6.81. The first-order chi connectivity index (χ1) is 8.90. The molecule has 0 saturated carbocycles. The van der Waals surface area contributed by atoms with Gasteiger partial charge in [-0.05, 0) is 30.5 Å². The van der Waals surface area contributed by atoms with Crippen LogP contribution in [0.3, 0.4) is 0 Å². The van der Waals surface area contributed by atoms with Gasteiger partial charge in [-0.25, -0.2) is 8.42 Å². The van der Waals surface area contributed by atoms with E-state index in [0.717, 1.165) is 24.7 Å². The molecule has 1 rings (SSSR count). The molecule has 0 saturated heterocycles. The summed E-state index contributed by atoms with van der Waals surface area (Å²) in [6.45, 7) is 2.48. The Labute approximate surface area is 114 Å². The molecule has 1 aromatic rings. The molecule has 0 fully saturated rings. The maximum absolute atomic E-state index is 11.0. The van der Waals surface area contributed by atoms with E-state index in [1.807, 2.05) is 19.1 Å². The number of sulfonamides is 1. The summed E-state index contributed by atoms with van der Waals surface area (Å²) < 4.78 is 24.5. The summed E-state index contributed by atoms with van der Waals surface area (Å²) in [6, 6.07) is 7.24. The standard InChI is InChI=1S/C13H20N2O3S/c1-3-13(16)14-10-4-5-11-6-8-12(9-7-11)15-19(2,17)18/h6-9,15H,3-5,10H2,1-2H3,(H,14,16). The molecule has 0 aromatic heterocycles. The number of nitrogens with one attached hydrogen (secondary N) is 2. The summed E-state index contributed by atoms with van der Waals surface area (Å²) in [5, 5.41) is 2.81. The topological polar surface area (TPSA) is 75.3 Å². The van der Waals surface area contributed by atoms with Crippen LogP contribution in [0, 0.1) is 0 Å². The van der Waals surface area contributed by atoms with E-state index >= 15 is 0 Å². The predicted octanol–water partition coefficient (Wildman–Crippen LogP) is 1.52. The molecule has 0 aliphatic heterocycles. The van der Waals surface area contributed by atoms with Gasteiger partial charge < -0.3 is 5.32 Å². The van der Waals surface area contributed by atoms with Crippen molar-refractivity contribution < 1.29 is 13.2 Å². The van der Waals surface area contributed by atoms with Gasteiger partial charge in [0.05, 0.1) is 6.26 Å². The van der Waals surface area contributed by atoms with Crippen molar-refractivity contribution in [2.24, 2.45) is 0 Å². The number of benzene rings is 1. The molecule has 0 unspecified atom stereocenters. The molecule has 0 heterocycles. The van der Waals surface area contributed by atoms with E-state index in [0.29, 0.717) is 18.7 Å². The van der Waals surface area contributed by atoms with Crippen LogP contribution in [-0.4, -0.2) is 27.1 Å². The van der Waals surface area contributed by atoms with E-state index in [1.165, 1.54) is 0 Å². The Bertz CT molecular complexity index is 509. The number of rotatable bonds is 7. The number of anilines is 1. The normalized spacial score (nSPS) is 11.1. The molecular formula is C13H20N2O3S. The molecule has 19 heavy (non-hydrogen) atoms. The highest BCUT2D eigenvalue weighted by Gasteiger charge is 2.01. The lowest BCUT2D eigenvalue weighted by atomic mass is 10.1. The zero-order valence-corrected chi connectivity index (χ0v) is 12.1. The van der Waals surface area contributed by atoms with Crippen LogP contribution >= 0.6 is 0 Å². The molecule has 0 aliphatic carbocycles. The van der Waals surface area contributed by atoms with Gasteiger partial charge in [0.25, 0.3) is 0 Å². The highest BCUT2D eigenvalue weighted by atomic mass is 32.2. The maximum atomic E-state index is 11.0. The van der Waals surface area contributed by atoms with Crippen LogP contribution in [-0.2, 0) is 21.2 Å². The first kappa shape index (κ1) is 15.5. The van der Waals surface area contributed by atoms with Crippen molar-refractivity contribution in [3.63, 3.8) is 0 Å². The van der Waals surface area contributed by atoms with Gasteiger partial charge in [0.1, 0.15) is 0 Å². The van der Waals surface area contributed by atoms with Crippen LogP contribution in [0.2, 0.25) is 0 Å². The summed E-state index contributed by atoms with van der Waals surface area (Å²) in [5.41, 5.74) is 1.68. The number of hydrogen-bond donors (Lipinski definition) is 2. The fourth-order valence-electron chi connectivity index (χ4n) is 1.60. The molecule has 0 radical (unpaired) electrons. The summed E-state index contributed by atoms with van der Waals surface area (Å²) in [4.78, 5) is 11.0. The zero-order valence-electron chi connectivity index (χ0n) is 11.3. The van der Waals surface area contributed by atoms with E-state index < -0.39 is 10.0 Å². The van der Waals surface area contributed by atoms with Gasteiger partial charge in [0, 0.05) is 18.7 Å². The predicted molar refractivity (Wildman–Crippen MR) is 76.5 cm³/mol. The third-order valence-corrected chi connectivity index (χ3v) is 3.15. The summed E-state index contributed by atoms with van der Waals surface area (Å²) >= 11 is 0. The molecule has 1 aromatic carbocycles. The van der Waals surface area contributed by atoms with Crippen molar-refractivity contribution in [2.75, 3.05) is 17.5 Å². The van der Waals surface area contributed by atoms with Gasteiger partial charge in [-0.1, -0.05) is 19.1 Å². The number of hydrogen-bond acceptors (Lipinski definition) is 3. The fraction of sp³-hybridized carbons (Fsp3) is 0.462. The lowest BCUT2D eigenvalue weighted by Gasteiger charge is -2.06. The van der Waals surface area contributed by atoms with Crippen molar-refractivity contribution in [3.8, 4) is 0 Å². The van der Waals surface area contributed by atoms with E-state index in [-0.39, 0.29) is 5.91 Å². The number of amides is 1. The van der Waals surface area contributed by atoms with Crippen molar-refractivity contribution >= 4 is 21.6 Å². The van der Waals surface area contributed by atoms with Crippen LogP contribution in [0.25, 0.3) is 0 Å². The van der Waals surface area contributed by atoms with Crippen LogP contribution in [0.5, 0.6) is 0 Å². The second-order valence-corrected chi connectivity index (χ2v) is 6.13. The molecule has 0 spiro atoms. The van der Waals surface area contributed by atoms with E-state index in [9.17, 15) is 13.2 Å². The van der Waals surface area contributed by atoms with Gasteiger partial charge in [0.2, 0.25) is 15.9 Å². The fourth-order valence-corrected chi connectivity index (χ4v) is 2.16. The van der Waals surface area contributed by atoms with E-state index in [4.69, 9.17) is 0 Å². The molecule has 106 valence electrons. The van der Waals surface area contributed by atoms with E-state index in [2.05, 4.69) is 10.0 Å². The Hall–Kier alpha value is -1.56. The van der Waals surface area contributed by atoms with Gasteiger partial charge in [-0.2, -0.15) is 0 Å². The Kier molecular flexibility index (Phi) is 5.82. The summed E-state index contributed by atoms with van der Waals surface area (Å²) in [7, 11) is -3.22. The van der Waals surface area contributed by atoms with Gasteiger partial charge in [-0.3, -0.25) is 9.52 Å². The maximum Gasteiger partial charge on any atom is 0.229 e. The highest BCUT2D eigenvalue weighted by Crippen LogP contribution is 2.11. The molecule has 2 N–H and O–H groups in total. The smallest absolute Gasteiger partial charge is 0.229 e. The van der Waals surface area contributed by atoms with Gasteiger partial charge in [-0.15, -0.1) is 0 Å². The quantitative estimate of drug-likeness (QED) is 0.745. The third-order valence-electron chi connectivity index (χ3n) is 2.54. The molecular weight excluding hydrogens is 264 g/mol. The van der Waals surface area contributed by atoms with Crippen LogP contribution in [0.4, 0.5) is 5.69 Å². The first-order valence-corrected chi connectivity index (χ1v) is 8.13. The molecule has 6 heteroatoms. The molecule has 0 aliphatic rings. The minimum atomic E-state index is -3.22. The average Bonchev–Trinajstić information content (AvgIpc) is 2.34. The Balaban J connectivity index is 2.38. The SMILES string of the molecule is CCC(=O)NCCCc1ccc(NS(C)(=O)=O)cc1. The minimum absolute atomic E-state index is 0.0627. The lowest BCUT2D eigenvalue weighted by Crippen LogP contribution is -2.23. The molecule has 5 nitrogen and oxygen atoms in total. The molecule has 0 bridgehead atoms. The summed E-state index contributed by atoms with van der Waals surface area (Å²) in [6.07, 6.45) is 3.34. The van der Waals surface area contributed by atoms with Crippen molar-refractivity contribution in [1.82, 2.24) is 5.32 Å². The Morgan fingerprint density at radius 1 is 1.21 bits per heavy atom. The average molecular weight is 284 g/mol. The lowest BCUT2D eigenvalue weighted by molar-refractivity contribution is -0.120. The number of carbonyl (C=O) groups excluding carboxylic acids is 1. The number of aryl methyl sites for hydroxylation is 1. The van der Waals surface area contributed by atoms with Gasteiger partial charge >= 0.3 is 0 Å². The Morgan fingerprint density at radius 2 is 1.84 bits per heavy atom. The van der Waals surface area contributed by atoms with Gasteiger partial charge in [0.15, 0.2) is 0 Å². The highest BCUT2D eigenvalue weighted by molar-refractivity contribution is 7.92. The van der Waals surface area contributed by atoms with Crippen molar-refractivity contribution in [1.29, 1.82) is 0 Å². The van der Waals surface area contributed by atoms with Crippen LogP contribution in [0.15, 0.2) is 24.3 Å². The van der Waals surface area contributed by atoms with Crippen LogP contribution in [0.1, 0.15) is 25.3 Å². The number of carbonyl (C=O) groups is 1. The zero-order chi connectivity index (χ0) is 14.3. The first-order valence-electron chi connectivity index (χ1n) is 6.24. The second-order valence-electron chi connectivity index (χ2n) is 4.38. The Morgan fingerprint density at radius 3 is 2.37 bits per heavy atom. The largest absolute Gasteiger partial charge is 0.356 e. The summed E-state index contributed by atoms with van der Waals surface area (Å²) in [5.74, 6) is 0.0627. The molecule has 0 atom stereocenters. The second kappa shape index (κ2) is 7.13. The van der Waals surface area contributed by atoms with Crippen molar-refractivity contribution in [2.45, 2.75) is 26.2 Å². The monoisotopic (exact) mass is 284 g/mol. The van der Waals surface area contributed by atoms with Crippen LogP contribution < -0.4 is 10.0 Å². The minimum Gasteiger partial charge on any atom is -0.356 e.